The molecule has 1 saturated heterocycles. The maximum atomic E-state index is 13.6. The number of amides is 3. The van der Waals surface area contributed by atoms with Crippen molar-refractivity contribution >= 4 is 23.4 Å². The molecule has 0 aliphatic carbocycles. The number of hydrogen-bond acceptors (Lipinski definition) is 5. The quantitative estimate of drug-likeness (QED) is 0.366. The molecule has 1 aromatic heterocycles. The van der Waals surface area contributed by atoms with Gasteiger partial charge < -0.3 is 15.1 Å². The highest BCUT2D eigenvalue weighted by atomic mass is 19.4. The normalized spacial score (nSPS) is 19.3. The van der Waals surface area contributed by atoms with E-state index in [0.29, 0.717) is 12.1 Å². The van der Waals surface area contributed by atoms with Crippen molar-refractivity contribution in [3.05, 3.63) is 77.6 Å². The molecular weight excluding hydrogens is 597 g/mol. The lowest BCUT2D eigenvalue weighted by Crippen LogP contribution is -2.45. The third-order valence-corrected chi connectivity index (χ3v) is 7.66. The van der Waals surface area contributed by atoms with E-state index in [0.717, 1.165) is 41.5 Å². The molecule has 1 N–H and O–H groups in total. The molecule has 12 heteroatoms. The van der Waals surface area contributed by atoms with Gasteiger partial charge in [-0.25, -0.2) is 4.68 Å². The molecule has 2 atom stereocenters. The van der Waals surface area contributed by atoms with E-state index in [1.165, 1.54) is 40.4 Å². The largest absolute Gasteiger partial charge is 0.418 e. The summed E-state index contributed by atoms with van der Waals surface area (Å²) in [4.78, 5) is 42.6. The van der Waals surface area contributed by atoms with Crippen molar-refractivity contribution in [1.29, 1.82) is 5.26 Å². The maximum Gasteiger partial charge on any atom is 0.418 e. The smallest absolute Gasteiger partial charge is 0.329 e. The van der Waals surface area contributed by atoms with Crippen molar-refractivity contribution in [3.63, 3.8) is 0 Å². The van der Waals surface area contributed by atoms with E-state index in [1.807, 2.05) is 24.3 Å². The fraction of sp³-hybridized carbons (Fsp3) is 0.441. The highest BCUT2D eigenvalue weighted by Gasteiger charge is 2.40. The Morgan fingerprint density at radius 1 is 1.04 bits per heavy atom. The number of nitrogens with zero attached hydrogens (tertiary/aromatic N) is 5. The Hall–Kier alpha value is -4.66. The molecule has 3 aliphatic heterocycles. The van der Waals surface area contributed by atoms with Crippen molar-refractivity contribution < 1.29 is 27.6 Å². The Kier molecular flexibility index (Phi) is 11.2. The van der Waals surface area contributed by atoms with Gasteiger partial charge in [-0.3, -0.25) is 14.4 Å². The van der Waals surface area contributed by atoms with Gasteiger partial charge in [-0.2, -0.15) is 23.5 Å². The SMILES string of the molecule is CC(C)C.N#CC1CC2CN1C(=O)CN(C(=O)c1cnn(-c3ccccc3C(F)(F)F)c1)CCCCCc1ccc(cc1)NC2=O. The lowest BCUT2D eigenvalue weighted by molar-refractivity contribution is -0.137. The minimum Gasteiger partial charge on any atom is -0.329 e. The summed E-state index contributed by atoms with van der Waals surface area (Å²) in [6.07, 6.45) is 0.941. The summed E-state index contributed by atoms with van der Waals surface area (Å²) in [7, 11) is 0. The first-order valence-corrected chi connectivity index (χ1v) is 15.5. The first-order chi connectivity index (χ1) is 21.9. The number of fused-ring (bicyclic) bond motifs is 10. The second kappa shape index (κ2) is 15.1. The van der Waals surface area contributed by atoms with Crippen molar-refractivity contribution in [1.82, 2.24) is 19.6 Å². The van der Waals surface area contributed by atoms with E-state index >= 15 is 0 Å². The van der Waals surface area contributed by atoms with Crippen LogP contribution in [0.2, 0.25) is 0 Å². The number of para-hydroxylation sites is 1. The van der Waals surface area contributed by atoms with Gasteiger partial charge in [0.15, 0.2) is 0 Å². The number of aromatic nitrogens is 2. The summed E-state index contributed by atoms with van der Waals surface area (Å²) in [6.45, 7) is 6.42. The number of nitrogens with one attached hydrogen (secondary N) is 1. The number of carbonyl (C=O) groups is 3. The molecule has 3 aliphatic rings. The topological polar surface area (TPSA) is 111 Å². The molecule has 9 nitrogen and oxygen atoms in total. The van der Waals surface area contributed by atoms with Crippen molar-refractivity contribution in [2.24, 2.45) is 11.8 Å². The van der Waals surface area contributed by atoms with E-state index in [9.17, 15) is 32.8 Å². The van der Waals surface area contributed by atoms with Crippen molar-refractivity contribution in [2.75, 3.05) is 25.0 Å². The fourth-order valence-corrected chi connectivity index (χ4v) is 5.40. The van der Waals surface area contributed by atoms with Crippen LogP contribution in [-0.2, 0) is 22.2 Å². The van der Waals surface area contributed by atoms with Gasteiger partial charge in [-0.1, -0.05) is 51.5 Å². The molecule has 4 heterocycles. The van der Waals surface area contributed by atoms with Gasteiger partial charge in [-0.05, 0) is 61.4 Å². The van der Waals surface area contributed by atoms with Gasteiger partial charge in [0.2, 0.25) is 11.8 Å². The summed E-state index contributed by atoms with van der Waals surface area (Å²) in [5.74, 6) is -1.09. The van der Waals surface area contributed by atoms with Crippen LogP contribution in [0.15, 0.2) is 60.9 Å². The van der Waals surface area contributed by atoms with E-state index in [4.69, 9.17) is 0 Å². The Labute approximate surface area is 267 Å². The van der Waals surface area contributed by atoms with Gasteiger partial charge in [-0.15, -0.1) is 0 Å². The summed E-state index contributed by atoms with van der Waals surface area (Å²) in [5, 5.41) is 16.6. The van der Waals surface area contributed by atoms with Crippen LogP contribution in [0.1, 0.15) is 67.9 Å². The van der Waals surface area contributed by atoms with Gasteiger partial charge in [0.25, 0.3) is 5.91 Å². The van der Waals surface area contributed by atoms with Gasteiger partial charge >= 0.3 is 6.18 Å². The molecule has 46 heavy (non-hydrogen) atoms. The zero-order chi connectivity index (χ0) is 33.4. The molecule has 1 fully saturated rings. The molecule has 3 aromatic rings. The van der Waals surface area contributed by atoms with Crippen LogP contribution in [0, 0.1) is 23.2 Å². The van der Waals surface area contributed by atoms with E-state index in [-0.39, 0.29) is 43.2 Å². The van der Waals surface area contributed by atoms with Crippen LogP contribution in [0.3, 0.4) is 0 Å². The number of halogens is 3. The van der Waals surface area contributed by atoms with E-state index < -0.39 is 35.5 Å². The van der Waals surface area contributed by atoms with Crippen molar-refractivity contribution in [3.8, 4) is 11.8 Å². The summed E-state index contributed by atoms with van der Waals surface area (Å²) in [5.41, 5.74) is 0.647. The predicted octanol–water partition coefficient (Wildman–Crippen LogP) is 6.10. The zero-order valence-electron chi connectivity index (χ0n) is 26.3. The molecular formula is C34H39F3N6O3. The molecule has 3 amide bonds. The maximum absolute atomic E-state index is 13.6. The lowest BCUT2D eigenvalue weighted by atomic mass is 10.0. The van der Waals surface area contributed by atoms with Gasteiger partial charge in [0.1, 0.15) is 12.6 Å². The van der Waals surface area contributed by atoms with Crippen LogP contribution in [0.5, 0.6) is 0 Å². The minimum atomic E-state index is -4.62. The number of aryl methyl sites for hydroxylation is 1. The number of anilines is 1. The summed E-state index contributed by atoms with van der Waals surface area (Å²) in [6, 6.07) is 13.7. The van der Waals surface area contributed by atoms with Crippen LogP contribution in [0.4, 0.5) is 18.9 Å². The zero-order valence-corrected chi connectivity index (χ0v) is 26.3. The molecule has 4 bridgehead atoms. The average molecular weight is 637 g/mol. The summed E-state index contributed by atoms with van der Waals surface area (Å²) < 4.78 is 41.7. The standard InChI is InChI=1S/C30H29F3N6O3.C4H10/c31-30(32,33)25-7-3-4-8-26(25)39-18-22(16-35-39)29(42)37-13-5-1-2-6-20-9-11-23(12-10-20)36-28(41)21-14-24(15-34)38(17-21)27(40)19-37;1-4(2)3/h3-4,7-12,16,18,21,24H,1-2,5-6,13-14,17,19H2,(H,36,41);4H,1-3H3. The highest BCUT2D eigenvalue weighted by molar-refractivity contribution is 5.97. The molecule has 0 radical (unpaired) electrons. The molecule has 2 aromatic carbocycles. The first kappa shape index (κ1) is 34.2. The third kappa shape index (κ3) is 8.74. The second-order valence-electron chi connectivity index (χ2n) is 12.3. The lowest BCUT2D eigenvalue weighted by Gasteiger charge is -2.26. The molecule has 0 saturated carbocycles. The van der Waals surface area contributed by atoms with Crippen LogP contribution < -0.4 is 5.32 Å². The summed E-state index contributed by atoms with van der Waals surface area (Å²) >= 11 is 0. The Morgan fingerprint density at radius 2 is 1.74 bits per heavy atom. The Balaban J connectivity index is 0.00000113. The fourth-order valence-electron chi connectivity index (χ4n) is 5.40. The van der Waals surface area contributed by atoms with Crippen LogP contribution >= 0.6 is 0 Å². The number of rotatable bonds is 2. The number of benzene rings is 2. The average Bonchev–Trinajstić information content (AvgIpc) is 3.68. The number of nitriles is 1. The number of carbonyl (C=O) groups excluding carboxylic acids is 3. The second-order valence-corrected chi connectivity index (χ2v) is 12.3. The van der Waals surface area contributed by atoms with Crippen molar-refractivity contribution in [2.45, 2.75) is 65.1 Å². The Bertz CT molecular complexity index is 1560. The van der Waals surface area contributed by atoms with Gasteiger partial charge in [0, 0.05) is 25.0 Å². The molecule has 244 valence electrons. The van der Waals surface area contributed by atoms with Gasteiger partial charge in [0.05, 0.1) is 35.0 Å². The molecule has 0 spiro atoms. The van der Waals surface area contributed by atoms with Crippen LogP contribution in [-0.4, -0.2) is 63.0 Å². The third-order valence-electron chi connectivity index (χ3n) is 7.66. The minimum absolute atomic E-state index is 0.0287. The van der Waals surface area contributed by atoms with E-state index in [2.05, 4.69) is 37.3 Å². The predicted molar refractivity (Wildman–Crippen MR) is 167 cm³/mol. The first-order valence-electron chi connectivity index (χ1n) is 15.5. The number of hydrogen-bond donors (Lipinski definition) is 1. The monoisotopic (exact) mass is 636 g/mol. The van der Waals surface area contributed by atoms with Crippen LogP contribution in [0.25, 0.3) is 5.69 Å². The molecule has 2 unspecified atom stereocenters. The van der Waals surface area contributed by atoms with E-state index in [1.54, 1.807) is 0 Å². The number of alkyl halides is 3. The highest BCUT2D eigenvalue weighted by Crippen LogP contribution is 2.33. The molecule has 6 rings (SSSR count). The Morgan fingerprint density at radius 3 is 2.41 bits per heavy atom.